The van der Waals surface area contributed by atoms with Crippen molar-refractivity contribution in [1.29, 1.82) is 0 Å². The van der Waals surface area contributed by atoms with Gasteiger partial charge < -0.3 is 15.3 Å². The summed E-state index contributed by atoms with van der Waals surface area (Å²) in [5.74, 6) is 0. The molecule has 0 saturated carbocycles. The molecule has 3 atom stereocenters. The van der Waals surface area contributed by atoms with Crippen molar-refractivity contribution < 1.29 is 18.3 Å². The maximum atomic E-state index is 13.4. The van der Waals surface area contributed by atoms with Gasteiger partial charge in [-0.15, -0.1) is 0 Å². The van der Waals surface area contributed by atoms with Crippen LogP contribution in [0.15, 0.2) is 48.7 Å². The van der Waals surface area contributed by atoms with Gasteiger partial charge in [0, 0.05) is 48.1 Å². The minimum absolute atomic E-state index is 0.219. The average molecular weight is 459 g/mol. The third-order valence-electron chi connectivity index (χ3n) is 6.28. The summed E-state index contributed by atoms with van der Waals surface area (Å²) in [6.45, 7) is 6.77. The highest BCUT2D eigenvalue weighted by Gasteiger charge is 2.33. The molecule has 176 valence electrons. The third kappa shape index (κ3) is 5.07. The molecule has 0 aliphatic carbocycles. The number of hydrogen-bond acceptors (Lipinski definition) is 5. The van der Waals surface area contributed by atoms with E-state index >= 15 is 0 Å². The molecule has 2 heterocycles. The maximum absolute atomic E-state index is 13.4. The lowest BCUT2D eigenvalue weighted by molar-refractivity contribution is -0.138. The largest absolute Gasteiger partial charge is 0.416 e. The monoisotopic (exact) mass is 458 g/mol. The Bertz CT molecular complexity index is 1130. The Hall–Kier alpha value is -2.84. The second-order valence-electron chi connectivity index (χ2n) is 8.72. The zero-order valence-electron chi connectivity index (χ0n) is 18.9. The van der Waals surface area contributed by atoms with Gasteiger partial charge in [0.15, 0.2) is 0 Å². The topological polar surface area (TPSA) is 60.4 Å². The standard InChI is InChI=1S/C25H29F3N4O/c1-15-20(5-4-6-22(15)25(26,27)28)16(2)30-24-9-11-29-23-8-7-19(13-21(23)24)32-12-10-18(14-32)31-17(3)33/h4-9,11,13,16-18,31,33H,10,12,14H2,1-3H3,(H,29,30)/t16-,17?,18-/m1/s1. The number of fused-ring (bicyclic) bond motifs is 1. The van der Waals surface area contributed by atoms with Gasteiger partial charge in [0.2, 0.25) is 0 Å². The molecule has 3 N–H and O–H groups in total. The van der Waals surface area contributed by atoms with Crippen LogP contribution in [0.4, 0.5) is 24.5 Å². The maximum Gasteiger partial charge on any atom is 0.416 e. The molecule has 1 unspecified atom stereocenters. The number of aliphatic hydroxyl groups is 1. The zero-order chi connectivity index (χ0) is 23.8. The number of anilines is 2. The van der Waals surface area contributed by atoms with Crippen molar-refractivity contribution in [1.82, 2.24) is 10.3 Å². The van der Waals surface area contributed by atoms with Crippen molar-refractivity contribution in [3.05, 3.63) is 65.4 Å². The minimum Gasteiger partial charge on any atom is -0.379 e. The Labute approximate surface area is 191 Å². The number of pyridine rings is 1. The van der Waals surface area contributed by atoms with Crippen LogP contribution in [-0.4, -0.2) is 35.4 Å². The summed E-state index contributed by atoms with van der Waals surface area (Å²) in [4.78, 5) is 6.72. The highest BCUT2D eigenvalue weighted by atomic mass is 19.4. The molecule has 1 aromatic heterocycles. The van der Waals surface area contributed by atoms with E-state index < -0.39 is 18.0 Å². The van der Waals surface area contributed by atoms with Crippen LogP contribution in [0.3, 0.4) is 0 Å². The van der Waals surface area contributed by atoms with E-state index in [4.69, 9.17) is 0 Å². The van der Waals surface area contributed by atoms with E-state index in [1.165, 1.54) is 13.0 Å². The van der Waals surface area contributed by atoms with Gasteiger partial charge in [-0.05, 0) is 68.7 Å². The quantitative estimate of drug-likeness (QED) is 0.441. The van der Waals surface area contributed by atoms with E-state index in [0.29, 0.717) is 5.56 Å². The number of aromatic nitrogens is 1. The van der Waals surface area contributed by atoms with E-state index in [0.717, 1.165) is 47.9 Å². The van der Waals surface area contributed by atoms with E-state index in [1.807, 2.05) is 25.1 Å². The fourth-order valence-electron chi connectivity index (χ4n) is 4.67. The predicted molar refractivity (Wildman–Crippen MR) is 125 cm³/mol. The van der Waals surface area contributed by atoms with Crippen LogP contribution >= 0.6 is 0 Å². The average Bonchev–Trinajstić information content (AvgIpc) is 3.20. The summed E-state index contributed by atoms with van der Waals surface area (Å²) in [6.07, 6.45) is -2.29. The Morgan fingerprint density at radius 1 is 1.15 bits per heavy atom. The van der Waals surface area contributed by atoms with Crippen LogP contribution in [0.5, 0.6) is 0 Å². The van der Waals surface area contributed by atoms with E-state index in [-0.39, 0.29) is 17.6 Å². The molecule has 2 aromatic carbocycles. The highest BCUT2D eigenvalue weighted by molar-refractivity contribution is 5.93. The molecular formula is C25H29F3N4O. The SMILES string of the molecule is Cc1c([C@@H](C)Nc2ccnc3ccc(N4CC[C@@H](NC(C)O)C4)cc23)cccc1C(F)(F)F. The van der Waals surface area contributed by atoms with Crippen molar-refractivity contribution in [3.8, 4) is 0 Å². The first-order valence-electron chi connectivity index (χ1n) is 11.1. The Morgan fingerprint density at radius 2 is 1.94 bits per heavy atom. The molecule has 33 heavy (non-hydrogen) atoms. The lowest BCUT2D eigenvalue weighted by atomic mass is 9.97. The fourth-order valence-corrected chi connectivity index (χ4v) is 4.67. The number of halogens is 3. The van der Waals surface area contributed by atoms with Crippen LogP contribution in [0.1, 0.15) is 43.0 Å². The molecule has 1 fully saturated rings. The van der Waals surface area contributed by atoms with Gasteiger partial charge >= 0.3 is 6.18 Å². The van der Waals surface area contributed by atoms with Gasteiger partial charge in [-0.25, -0.2) is 0 Å². The summed E-state index contributed by atoms with van der Waals surface area (Å²) < 4.78 is 40.1. The molecule has 3 aromatic rings. The molecule has 1 aliphatic heterocycles. The molecule has 4 rings (SSSR count). The van der Waals surface area contributed by atoms with Gasteiger partial charge in [0.25, 0.3) is 0 Å². The van der Waals surface area contributed by atoms with Crippen LogP contribution in [-0.2, 0) is 6.18 Å². The smallest absolute Gasteiger partial charge is 0.379 e. The van der Waals surface area contributed by atoms with Gasteiger partial charge in [0.1, 0.15) is 6.23 Å². The number of aliphatic hydroxyl groups excluding tert-OH is 1. The normalized spacial score (nSPS) is 18.5. The van der Waals surface area contributed by atoms with Crippen LogP contribution in [0, 0.1) is 6.92 Å². The van der Waals surface area contributed by atoms with Crippen molar-refractivity contribution in [3.63, 3.8) is 0 Å². The molecule has 0 amide bonds. The lowest BCUT2D eigenvalue weighted by Crippen LogP contribution is -2.38. The van der Waals surface area contributed by atoms with Gasteiger partial charge in [-0.3, -0.25) is 10.3 Å². The second-order valence-corrected chi connectivity index (χ2v) is 8.72. The number of nitrogens with one attached hydrogen (secondary N) is 2. The summed E-state index contributed by atoms with van der Waals surface area (Å²) >= 11 is 0. The highest BCUT2D eigenvalue weighted by Crippen LogP contribution is 2.36. The summed E-state index contributed by atoms with van der Waals surface area (Å²) in [7, 11) is 0. The summed E-state index contributed by atoms with van der Waals surface area (Å²) in [5.41, 5.74) is 2.93. The zero-order valence-corrected chi connectivity index (χ0v) is 18.9. The first kappa shape index (κ1) is 23.3. The van der Waals surface area contributed by atoms with Crippen LogP contribution < -0.4 is 15.5 Å². The first-order valence-corrected chi connectivity index (χ1v) is 11.1. The minimum atomic E-state index is -4.38. The van der Waals surface area contributed by atoms with Crippen LogP contribution in [0.25, 0.3) is 10.9 Å². The van der Waals surface area contributed by atoms with Crippen molar-refractivity contribution in [2.24, 2.45) is 0 Å². The molecule has 1 aliphatic rings. The Morgan fingerprint density at radius 3 is 2.67 bits per heavy atom. The summed E-state index contributed by atoms with van der Waals surface area (Å²) in [6, 6.07) is 12.1. The number of hydrogen-bond donors (Lipinski definition) is 3. The van der Waals surface area contributed by atoms with Crippen molar-refractivity contribution in [2.75, 3.05) is 23.3 Å². The third-order valence-corrected chi connectivity index (χ3v) is 6.28. The molecular weight excluding hydrogens is 429 g/mol. The van der Waals surface area contributed by atoms with Crippen LogP contribution in [0.2, 0.25) is 0 Å². The summed E-state index contributed by atoms with van der Waals surface area (Å²) in [5, 5.41) is 17.1. The van der Waals surface area contributed by atoms with E-state index in [2.05, 4.69) is 26.6 Å². The number of rotatable bonds is 6. The number of nitrogens with zero attached hydrogens (tertiary/aromatic N) is 2. The van der Waals surface area contributed by atoms with Crippen molar-refractivity contribution >= 4 is 22.3 Å². The molecule has 0 radical (unpaired) electrons. The van der Waals surface area contributed by atoms with E-state index in [1.54, 1.807) is 19.2 Å². The molecule has 8 heteroatoms. The first-order chi connectivity index (χ1) is 15.6. The fraction of sp³-hybridized carbons (Fsp3) is 0.400. The molecule has 0 spiro atoms. The van der Waals surface area contributed by atoms with Gasteiger partial charge in [-0.2, -0.15) is 13.2 Å². The second kappa shape index (κ2) is 9.19. The molecule has 5 nitrogen and oxygen atoms in total. The Kier molecular flexibility index (Phi) is 6.50. The number of alkyl halides is 3. The predicted octanol–water partition coefficient (Wildman–Crippen LogP) is 5.24. The lowest BCUT2D eigenvalue weighted by Gasteiger charge is -2.23. The molecule has 0 bridgehead atoms. The number of benzene rings is 2. The van der Waals surface area contributed by atoms with Gasteiger partial charge in [0.05, 0.1) is 11.1 Å². The molecule has 1 saturated heterocycles. The Balaban J connectivity index is 1.61. The van der Waals surface area contributed by atoms with Crippen molar-refractivity contribution in [2.45, 2.75) is 51.7 Å². The van der Waals surface area contributed by atoms with E-state index in [9.17, 15) is 18.3 Å². The van der Waals surface area contributed by atoms with Gasteiger partial charge in [-0.1, -0.05) is 12.1 Å².